The van der Waals surface area contributed by atoms with Crippen molar-refractivity contribution >= 4 is 17.9 Å². The summed E-state index contributed by atoms with van der Waals surface area (Å²) < 4.78 is 0. The fraction of sp³-hybridized carbons (Fsp3) is 0.500. The van der Waals surface area contributed by atoms with Gasteiger partial charge in [-0.15, -0.1) is 0 Å². The molecular weight excluding hydrogens is 322 g/mol. The molecule has 0 aromatic heterocycles. The molecule has 0 spiro atoms. The van der Waals surface area contributed by atoms with Crippen LogP contribution in [0.15, 0.2) is 0 Å². The Morgan fingerprint density at radius 1 is 0.714 bits per heavy atom. The summed E-state index contributed by atoms with van der Waals surface area (Å²) in [6.07, 6.45) is 0. The second-order valence-electron chi connectivity index (χ2n) is 1.47. The molecule has 8 heteroatoms. The van der Waals surface area contributed by atoms with Crippen LogP contribution in [-0.2, 0) is 14.4 Å². The molecule has 0 heterocycles. The first-order valence-corrected chi connectivity index (χ1v) is 2.72. The molecule has 7 nitrogen and oxygen atoms in total. The van der Waals surface area contributed by atoms with Crippen LogP contribution in [0.5, 0.6) is 0 Å². The van der Waals surface area contributed by atoms with Gasteiger partial charge in [0, 0.05) is 17.9 Å². The molecule has 4 N–H and O–H groups in total. The van der Waals surface area contributed by atoms with E-state index in [-0.39, 0.29) is 47.9 Å². The average molecular weight is 335 g/mol. The van der Waals surface area contributed by atoms with E-state index in [1.54, 1.807) is 0 Å². The predicted octanol–water partition coefficient (Wildman–Crippen LogP) is -3.36. The van der Waals surface area contributed by atoms with Crippen molar-refractivity contribution in [3.05, 3.63) is 0 Å². The second-order valence-corrected chi connectivity index (χ2v) is 1.47. The molecule has 0 saturated carbocycles. The molecule has 82 valence electrons. The van der Waals surface area contributed by atoms with Crippen molar-refractivity contribution in [1.29, 1.82) is 0 Å². The van der Waals surface area contributed by atoms with E-state index in [2.05, 4.69) is 0 Å². The molecule has 0 atom stereocenters. The maximum Gasteiger partial charge on any atom is 2.00 e. The van der Waals surface area contributed by atoms with E-state index in [1.165, 1.54) is 0 Å². The van der Waals surface area contributed by atoms with Gasteiger partial charge in [-0.25, -0.2) is 0 Å². The van der Waals surface area contributed by atoms with Gasteiger partial charge < -0.3 is 35.9 Å². The number of hydrogen-bond donors (Lipinski definition) is 1. The Morgan fingerprint density at radius 2 is 0.714 bits per heavy atom. The van der Waals surface area contributed by atoms with E-state index in [0.29, 0.717) is 0 Å². The molecule has 0 rings (SSSR count). The molecule has 0 amide bonds. The van der Waals surface area contributed by atoms with E-state index in [4.69, 9.17) is 29.7 Å². The zero-order valence-electron chi connectivity index (χ0n) is 8.45. The van der Waals surface area contributed by atoms with Crippen molar-refractivity contribution in [2.45, 2.75) is 20.8 Å². The number of hydrogen-bond acceptors (Lipinski definition) is 6. The molecule has 0 saturated heterocycles. The third-order valence-corrected chi connectivity index (χ3v) is 0. The van der Waals surface area contributed by atoms with Gasteiger partial charge in [0.1, 0.15) is 0 Å². The predicted molar refractivity (Wildman–Crippen MR) is 38.0 cm³/mol. The van der Waals surface area contributed by atoms with Crippen molar-refractivity contribution < 1.29 is 71.5 Å². The summed E-state index contributed by atoms with van der Waals surface area (Å²) >= 11 is 0. The van der Waals surface area contributed by atoms with Crippen LogP contribution < -0.4 is 21.5 Å². The van der Waals surface area contributed by atoms with Crippen molar-refractivity contribution in [2.75, 3.05) is 0 Å². The van der Waals surface area contributed by atoms with Crippen LogP contribution in [0.4, 0.5) is 0 Å². The summed E-state index contributed by atoms with van der Waals surface area (Å²) in [7, 11) is 0. The maximum absolute atomic E-state index is 8.89. The van der Waals surface area contributed by atoms with Crippen LogP contribution in [0.2, 0.25) is 0 Å². The number of quaternary nitrogens is 1. The molecule has 0 fully saturated rings. The first-order chi connectivity index (χ1) is 5.20. The number of carbonyl (C=O) groups is 3. The van der Waals surface area contributed by atoms with E-state index < -0.39 is 17.9 Å². The second kappa shape index (κ2) is 23.0. The summed E-state index contributed by atoms with van der Waals surface area (Å²) in [5, 5.41) is 26.7. The number of aliphatic carboxylic acids is 3. The normalized spacial score (nSPS) is 5.36. The molecule has 0 aliphatic carbocycles. The Kier molecular flexibility index (Phi) is 47.9. The van der Waals surface area contributed by atoms with Crippen LogP contribution in [0.3, 0.4) is 0 Å². The Morgan fingerprint density at radius 3 is 0.714 bits per heavy atom. The number of carboxylic acid groups (broad SMARTS) is 3. The van der Waals surface area contributed by atoms with E-state index in [0.717, 1.165) is 20.8 Å². The summed E-state index contributed by atoms with van der Waals surface area (Å²) in [5.41, 5.74) is 0. The Hall–Kier alpha value is -0.253. The molecular formula is C6H13CeNO6. The summed E-state index contributed by atoms with van der Waals surface area (Å²) in [6.45, 7) is 2.92. The van der Waals surface area contributed by atoms with Gasteiger partial charge in [-0.3, -0.25) is 0 Å². The standard InChI is InChI=1S/3C2H4O2.Ce.H3N/c3*1-2(3)4;;/h3*1H3,(H,3,4);;1H3/q;;;+2;/p-2. The van der Waals surface area contributed by atoms with Gasteiger partial charge in [-0.1, -0.05) is 0 Å². The molecule has 14 heavy (non-hydrogen) atoms. The molecule has 0 aliphatic heterocycles. The van der Waals surface area contributed by atoms with Gasteiger partial charge in [0.05, 0.1) is 0 Å². The van der Waals surface area contributed by atoms with Gasteiger partial charge in [0.15, 0.2) is 0 Å². The largest absolute Gasteiger partial charge is 2.00 e. The van der Waals surface area contributed by atoms with Crippen LogP contribution in [0.25, 0.3) is 0 Å². The van der Waals surface area contributed by atoms with Crippen molar-refractivity contribution in [2.24, 2.45) is 0 Å². The van der Waals surface area contributed by atoms with Crippen LogP contribution in [0, 0.1) is 41.7 Å². The number of carboxylic acids is 3. The summed E-state index contributed by atoms with van der Waals surface area (Å²) in [4.78, 5) is 26.7. The Labute approximate surface area is 115 Å². The van der Waals surface area contributed by atoms with Gasteiger partial charge in [0.25, 0.3) is 0 Å². The topological polar surface area (TPSA) is 157 Å². The molecule has 0 aromatic rings. The minimum atomic E-state index is -1.08. The third-order valence-electron chi connectivity index (χ3n) is 0. The number of rotatable bonds is 0. The van der Waals surface area contributed by atoms with Crippen molar-refractivity contribution in [3.63, 3.8) is 0 Å². The van der Waals surface area contributed by atoms with E-state index >= 15 is 0 Å². The zero-order valence-corrected chi connectivity index (χ0v) is 11.6. The van der Waals surface area contributed by atoms with Crippen LogP contribution >= 0.6 is 0 Å². The average Bonchev–Trinajstić information content (AvgIpc) is 1.54. The van der Waals surface area contributed by atoms with E-state index in [1.807, 2.05) is 0 Å². The third kappa shape index (κ3) is 21100. The summed E-state index contributed by atoms with van der Waals surface area (Å²) in [5.74, 6) is -3.25. The first kappa shape index (κ1) is 29.2. The van der Waals surface area contributed by atoms with Crippen molar-refractivity contribution in [3.8, 4) is 0 Å². The van der Waals surface area contributed by atoms with Crippen LogP contribution in [-0.4, -0.2) is 17.9 Å². The first-order valence-electron chi connectivity index (χ1n) is 2.72. The molecule has 0 radical (unpaired) electrons. The monoisotopic (exact) mass is 335 g/mol. The van der Waals surface area contributed by atoms with E-state index in [9.17, 15) is 0 Å². The quantitative estimate of drug-likeness (QED) is 0.487. The van der Waals surface area contributed by atoms with Gasteiger partial charge >= 0.3 is 41.7 Å². The minimum Gasteiger partial charge on any atom is -0.550 e. The Balaban J connectivity index is -0.0000000270. The smallest absolute Gasteiger partial charge is 0.550 e. The molecule has 0 bridgehead atoms. The molecule has 0 unspecified atom stereocenters. The molecule has 0 aliphatic rings. The minimum absolute atomic E-state index is 0. The number of carbonyl (C=O) groups excluding carboxylic acids is 3. The maximum atomic E-state index is 8.89. The zero-order chi connectivity index (χ0) is 10.7. The van der Waals surface area contributed by atoms with Crippen molar-refractivity contribution in [1.82, 2.24) is 6.15 Å². The van der Waals surface area contributed by atoms with Gasteiger partial charge in [0.2, 0.25) is 0 Å². The fourth-order valence-corrected chi connectivity index (χ4v) is 0. The Bertz CT molecular complexity index is 120. The molecule has 0 aromatic carbocycles. The van der Waals surface area contributed by atoms with Gasteiger partial charge in [-0.2, -0.15) is 0 Å². The fourth-order valence-electron chi connectivity index (χ4n) is 0. The van der Waals surface area contributed by atoms with Gasteiger partial charge in [-0.05, 0) is 20.8 Å². The SMILES string of the molecule is CC(=O)[O-].CC(=O)[O-].CC(=O)[O-].[Ce+2].[NH4+]. The van der Waals surface area contributed by atoms with Crippen LogP contribution in [0.1, 0.15) is 20.8 Å². The summed E-state index contributed by atoms with van der Waals surface area (Å²) in [6, 6.07) is 0.